The molecular formula is C10H15N3O2S. The molecule has 0 aliphatic rings. The quantitative estimate of drug-likeness (QED) is 0.464. The maximum atomic E-state index is 11.6. The van der Waals surface area contributed by atoms with E-state index in [0.717, 1.165) is 0 Å². The first-order valence-electron chi connectivity index (χ1n) is 5.06. The number of esters is 1. The van der Waals surface area contributed by atoms with Crippen LogP contribution < -0.4 is 5.73 Å². The Morgan fingerprint density at radius 3 is 2.81 bits per heavy atom. The molecule has 16 heavy (non-hydrogen) atoms. The lowest BCUT2D eigenvalue weighted by Gasteiger charge is -2.10. The molecule has 0 amide bonds. The summed E-state index contributed by atoms with van der Waals surface area (Å²) in [6.45, 7) is 4.03. The van der Waals surface area contributed by atoms with Crippen LogP contribution in [0.15, 0.2) is 5.38 Å². The summed E-state index contributed by atoms with van der Waals surface area (Å²) < 4.78 is 4.96. The minimum Gasteiger partial charge on any atom is -0.465 e. The Labute approximate surface area is 98.1 Å². The molecule has 1 rings (SSSR count). The fourth-order valence-electron chi connectivity index (χ4n) is 1.31. The molecule has 3 N–H and O–H groups in total. The summed E-state index contributed by atoms with van der Waals surface area (Å²) in [6.07, 6.45) is 0.625. The predicted octanol–water partition coefficient (Wildman–Crippen LogP) is 1.48. The largest absolute Gasteiger partial charge is 0.465 e. The second-order valence-corrected chi connectivity index (χ2v) is 4.06. The molecule has 88 valence electrons. The molecule has 1 aromatic rings. The molecule has 0 spiro atoms. The Morgan fingerprint density at radius 2 is 2.38 bits per heavy atom. The standard InChI is InChI=1S/C10H15N3O2S/c1-3-6(10(14)15-4-2)7-5-16-9(13-7)8(11)12/h5-6H,3-4H2,1-2H3,(H3,11,12). The molecule has 1 heterocycles. The van der Waals surface area contributed by atoms with E-state index in [4.69, 9.17) is 15.9 Å². The highest BCUT2D eigenvalue weighted by molar-refractivity contribution is 7.11. The van der Waals surface area contributed by atoms with Crippen molar-refractivity contribution in [3.63, 3.8) is 0 Å². The minimum absolute atomic E-state index is 0.0741. The molecular weight excluding hydrogens is 226 g/mol. The summed E-state index contributed by atoms with van der Waals surface area (Å²) in [6, 6.07) is 0. The molecule has 1 atom stereocenters. The number of thiazole rings is 1. The van der Waals surface area contributed by atoms with Gasteiger partial charge in [-0.25, -0.2) is 4.98 Å². The van der Waals surface area contributed by atoms with Crippen LogP contribution in [0.2, 0.25) is 0 Å². The number of rotatable bonds is 5. The topological polar surface area (TPSA) is 89.1 Å². The summed E-state index contributed by atoms with van der Waals surface area (Å²) in [5, 5.41) is 9.44. The molecule has 0 aliphatic heterocycles. The van der Waals surface area contributed by atoms with E-state index in [-0.39, 0.29) is 17.7 Å². The van der Waals surface area contributed by atoms with Gasteiger partial charge in [-0.1, -0.05) is 6.92 Å². The van der Waals surface area contributed by atoms with Crippen molar-refractivity contribution in [2.24, 2.45) is 5.73 Å². The van der Waals surface area contributed by atoms with Gasteiger partial charge in [0.15, 0.2) is 10.8 Å². The second kappa shape index (κ2) is 5.60. The number of amidine groups is 1. The van der Waals surface area contributed by atoms with Crippen molar-refractivity contribution in [3.8, 4) is 0 Å². The van der Waals surface area contributed by atoms with Gasteiger partial charge in [-0.15, -0.1) is 11.3 Å². The molecule has 1 aromatic heterocycles. The molecule has 0 aromatic carbocycles. The molecule has 0 saturated carbocycles. The summed E-state index contributed by atoms with van der Waals surface area (Å²) >= 11 is 1.27. The van der Waals surface area contributed by atoms with Gasteiger partial charge >= 0.3 is 5.97 Å². The van der Waals surface area contributed by atoms with E-state index in [1.54, 1.807) is 12.3 Å². The number of nitrogens with one attached hydrogen (secondary N) is 1. The number of carbonyl (C=O) groups is 1. The lowest BCUT2D eigenvalue weighted by atomic mass is 10.0. The molecule has 0 radical (unpaired) electrons. The third-order valence-corrected chi connectivity index (χ3v) is 2.98. The van der Waals surface area contributed by atoms with Crippen LogP contribution in [-0.2, 0) is 9.53 Å². The van der Waals surface area contributed by atoms with Crippen molar-refractivity contribution < 1.29 is 9.53 Å². The minimum atomic E-state index is -0.357. The van der Waals surface area contributed by atoms with E-state index >= 15 is 0 Å². The average molecular weight is 241 g/mol. The van der Waals surface area contributed by atoms with Crippen molar-refractivity contribution in [2.45, 2.75) is 26.2 Å². The number of nitrogen functional groups attached to an aromatic ring is 1. The van der Waals surface area contributed by atoms with Crippen molar-refractivity contribution in [3.05, 3.63) is 16.1 Å². The van der Waals surface area contributed by atoms with Gasteiger partial charge in [0.05, 0.1) is 18.2 Å². The zero-order valence-electron chi connectivity index (χ0n) is 9.32. The summed E-state index contributed by atoms with van der Waals surface area (Å²) in [5.41, 5.74) is 5.95. The van der Waals surface area contributed by atoms with Gasteiger partial charge in [-0.05, 0) is 13.3 Å². The predicted molar refractivity (Wildman–Crippen MR) is 62.8 cm³/mol. The molecule has 5 nitrogen and oxygen atoms in total. The summed E-state index contributed by atoms with van der Waals surface area (Å²) in [4.78, 5) is 15.8. The van der Waals surface area contributed by atoms with Crippen LogP contribution in [0.4, 0.5) is 0 Å². The average Bonchev–Trinajstić information content (AvgIpc) is 2.68. The fraction of sp³-hybridized carbons (Fsp3) is 0.500. The Kier molecular flexibility index (Phi) is 4.42. The van der Waals surface area contributed by atoms with E-state index in [2.05, 4.69) is 4.98 Å². The highest BCUT2D eigenvalue weighted by Gasteiger charge is 2.23. The van der Waals surface area contributed by atoms with E-state index in [9.17, 15) is 4.79 Å². The zero-order valence-corrected chi connectivity index (χ0v) is 10.1. The SMILES string of the molecule is CCOC(=O)C(CC)c1csc(C(=N)N)n1. The van der Waals surface area contributed by atoms with Crippen molar-refractivity contribution >= 4 is 23.1 Å². The van der Waals surface area contributed by atoms with Gasteiger partial charge in [0.1, 0.15) is 0 Å². The van der Waals surface area contributed by atoms with E-state index < -0.39 is 0 Å². The number of hydrogen-bond acceptors (Lipinski definition) is 5. The number of nitrogens with zero attached hydrogens (tertiary/aromatic N) is 1. The van der Waals surface area contributed by atoms with Gasteiger partial charge in [-0.2, -0.15) is 0 Å². The first-order chi connectivity index (χ1) is 7.60. The smallest absolute Gasteiger partial charge is 0.315 e. The first-order valence-corrected chi connectivity index (χ1v) is 5.94. The fourth-order valence-corrected chi connectivity index (χ4v) is 2.04. The normalized spacial score (nSPS) is 12.1. The number of aromatic nitrogens is 1. The monoisotopic (exact) mass is 241 g/mol. The molecule has 0 saturated heterocycles. The second-order valence-electron chi connectivity index (χ2n) is 3.20. The molecule has 0 bridgehead atoms. The maximum absolute atomic E-state index is 11.6. The lowest BCUT2D eigenvalue weighted by molar-refractivity contribution is -0.145. The van der Waals surface area contributed by atoms with E-state index in [0.29, 0.717) is 23.7 Å². The molecule has 0 fully saturated rings. The summed E-state index contributed by atoms with van der Waals surface area (Å²) in [5.74, 6) is -0.704. The van der Waals surface area contributed by atoms with E-state index in [1.807, 2.05) is 6.92 Å². The van der Waals surface area contributed by atoms with Crippen LogP contribution in [0, 0.1) is 5.41 Å². The Balaban J connectivity index is 2.86. The van der Waals surface area contributed by atoms with Crippen molar-refractivity contribution in [1.82, 2.24) is 4.98 Å². The Bertz CT molecular complexity index is 389. The highest BCUT2D eigenvalue weighted by atomic mass is 32.1. The maximum Gasteiger partial charge on any atom is 0.315 e. The van der Waals surface area contributed by atoms with Gasteiger partial charge in [0.2, 0.25) is 0 Å². The van der Waals surface area contributed by atoms with Gasteiger partial charge in [0, 0.05) is 5.38 Å². The van der Waals surface area contributed by atoms with E-state index in [1.165, 1.54) is 11.3 Å². The van der Waals surface area contributed by atoms with Crippen LogP contribution in [0.3, 0.4) is 0 Å². The van der Waals surface area contributed by atoms with Gasteiger partial charge < -0.3 is 10.5 Å². The number of nitrogens with two attached hydrogens (primary N) is 1. The Morgan fingerprint density at radius 1 is 1.69 bits per heavy atom. The van der Waals surface area contributed by atoms with Crippen LogP contribution in [-0.4, -0.2) is 23.4 Å². The third kappa shape index (κ3) is 2.79. The van der Waals surface area contributed by atoms with Gasteiger partial charge in [-0.3, -0.25) is 10.2 Å². The van der Waals surface area contributed by atoms with Gasteiger partial charge in [0.25, 0.3) is 0 Å². The third-order valence-electron chi connectivity index (χ3n) is 2.09. The first kappa shape index (κ1) is 12.6. The lowest BCUT2D eigenvalue weighted by Crippen LogP contribution is -2.16. The van der Waals surface area contributed by atoms with Crippen LogP contribution in [0.25, 0.3) is 0 Å². The molecule has 1 unspecified atom stereocenters. The van der Waals surface area contributed by atoms with Crippen LogP contribution >= 0.6 is 11.3 Å². The Hall–Kier alpha value is -1.43. The van der Waals surface area contributed by atoms with Crippen molar-refractivity contribution in [1.29, 1.82) is 5.41 Å². The number of ether oxygens (including phenoxy) is 1. The van der Waals surface area contributed by atoms with Crippen molar-refractivity contribution in [2.75, 3.05) is 6.61 Å². The highest BCUT2D eigenvalue weighted by Crippen LogP contribution is 2.22. The molecule has 0 aliphatic carbocycles. The van der Waals surface area contributed by atoms with Crippen LogP contribution in [0.1, 0.15) is 36.9 Å². The zero-order chi connectivity index (χ0) is 12.1. The van der Waals surface area contributed by atoms with Crippen LogP contribution in [0.5, 0.6) is 0 Å². The summed E-state index contributed by atoms with van der Waals surface area (Å²) in [7, 11) is 0. The number of carbonyl (C=O) groups excluding carboxylic acids is 1. The number of hydrogen-bond donors (Lipinski definition) is 2. The molecule has 6 heteroatoms.